The van der Waals surface area contributed by atoms with E-state index in [0.29, 0.717) is 5.56 Å². The van der Waals surface area contributed by atoms with Gasteiger partial charge in [-0.15, -0.1) is 13.2 Å². The van der Waals surface area contributed by atoms with E-state index in [1.54, 1.807) is 0 Å². The number of ether oxygens (including phenoxy) is 1. The highest BCUT2D eigenvalue weighted by Crippen LogP contribution is 2.46. The minimum absolute atomic E-state index is 0.0309. The van der Waals surface area contributed by atoms with E-state index in [4.69, 9.17) is 16.6 Å². The van der Waals surface area contributed by atoms with Crippen LogP contribution >= 0.6 is 11.6 Å². The minimum atomic E-state index is -4.74. The Morgan fingerprint density at radius 3 is 2.40 bits per heavy atom. The van der Waals surface area contributed by atoms with Crippen molar-refractivity contribution in [1.82, 2.24) is 4.90 Å². The van der Waals surface area contributed by atoms with Crippen molar-refractivity contribution in [2.24, 2.45) is 4.99 Å². The molecular formula is C32H30ClF3N2O2. The van der Waals surface area contributed by atoms with Gasteiger partial charge in [-0.25, -0.2) is 0 Å². The van der Waals surface area contributed by atoms with Gasteiger partial charge in [-0.05, 0) is 78.9 Å². The van der Waals surface area contributed by atoms with Crippen molar-refractivity contribution in [2.75, 3.05) is 26.2 Å². The molecule has 1 fully saturated rings. The van der Waals surface area contributed by atoms with Crippen LogP contribution in [0, 0.1) is 0 Å². The number of fused-ring (bicyclic) bond motifs is 2. The maximum absolute atomic E-state index is 12.7. The van der Waals surface area contributed by atoms with Crippen LogP contribution in [-0.2, 0) is 16.6 Å². The summed E-state index contributed by atoms with van der Waals surface area (Å²) < 4.78 is 41.0. The first-order valence-corrected chi connectivity index (χ1v) is 13.7. The molecule has 40 heavy (non-hydrogen) atoms. The molecule has 0 atom stereocenters. The number of hydrogen-bond acceptors (Lipinski definition) is 4. The summed E-state index contributed by atoms with van der Waals surface area (Å²) in [6.45, 7) is 2.90. The Bertz CT molecular complexity index is 1390. The first-order valence-electron chi connectivity index (χ1n) is 13.3. The molecule has 0 unspecified atom stereocenters. The lowest BCUT2D eigenvalue weighted by atomic mass is 9.74. The van der Waals surface area contributed by atoms with E-state index in [1.165, 1.54) is 29.8 Å². The second kappa shape index (κ2) is 12.0. The standard InChI is InChI=1S/C32H30ClF3N2O2/c33-25-11-7-23(8-12-25)4-3-17-38-18-15-31(16-19-38)21-30(28-5-1-2-6-29(28)31)37-22-26(39)20-24-9-13-27(14-10-24)40-32(34,35)36/h1-14H,15-22H2/b4-3+,37-30?. The van der Waals surface area contributed by atoms with Crippen LogP contribution in [0.5, 0.6) is 5.75 Å². The van der Waals surface area contributed by atoms with Crippen molar-refractivity contribution in [2.45, 2.75) is 37.5 Å². The van der Waals surface area contributed by atoms with Gasteiger partial charge in [0.2, 0.25) is 0 Å². The molecular weight excluding hydrogens is 537 g/mol. The van der Waals surface area contributed by atoms with Gasteiger partial charge in [0.1, 0.15) is 5.75 Å². The summed E-state index contributed by atoms with van der Waals surface area (Å²) in [7, 11) is 0. The maximum Gasteiger partial charge on any atom is 0.573 e. The first-order chi connectivity index (χ1) is 19.2. The average molecular weight is 567 g/mol. The number of Topliss-reactive ketones (excluding diaryl/α,β-unsaturated/α-hetero) is 1. The number of hydrogen-bond donors (Lipinski definition) is 0. The number of carbonyl (C=O) groups excluding carboxylic acids is 1. The number of carbonyl (C=O) groups is 1. The van der Waals surface area contributed by atoms with Crippen LogP contribution in [0.2, 0.25) is 5.02 Å². The lowest BCUT2D eigenvalue weighted by molar-refractivity contribution is -0.274. The Kier molecular flexibility index (Phi) is 8.43. The van der Waals surface area contributed by atoms with Crippen molar-refractivity contribution in [3.05, 3.63) is 106 Å². The van der Waals surface area contributed by atoms with Gasteiger partial charge in [0.15, 0.2) is 5.78 Å². The van der Waals surface area contributed by atoms with Crippen LogP contribution < -0.4 is 4.74 Å². The van der Waals surface area contributed by atoms with Crippen molar-refractivity contribution in [1.29, 1.82) is 0 Å². The molecule has 0 aromatic heterocycles. The maximum atomic E-state index is 12.7. The zero-order valence-electron chi connectivity index (χ0n) is 22.0. The third-order valence-electron chi connectivity index (χ3n) is 7.68. The minimum Gasteiger partial charge on any atom is -0.406 e. The fourth-order valence-corrected chi connectivity index (χ4v) is 5.77. The zero-order chi connectivity index (χ0) is 28.2. The van der Waals surface area contributed by atoms with Crippen LogP contribution in [0.3, 0.4) is 0 Å². The van der Waals surface area contributed by atoms with Crippen molar-refractivity contribution in [3.8, 4) is 5.75 Å². The van der Waals surface area contributed by atoms with E-state index in [1.807, 2.05) is 30.3 Å². The molecule has 0 radical (unpaired) electrons. The molecule has 1 heterocycles. The summed E-state index contributed by atoms with van der Waals surface area (Å²) in [5.41, 5.74) is 5.20. The lowest BCUT2D eigenvalue weighted by Crippen LogP contribution is -2.41. The fraction of sp³-hybridized carbons (Fsp3) is 0.312. The van der Waals surface area contributed by atoms with Gasteiger partial charge in [0.05, 0.1) is 6.54 Å². The molecule has 1 aliphatic carbocycles. The second-order valence-corrected chi connectivity index (χ2v) is 10.9. The second-order valence-electron chi connectivity index (χ2n) is 10.4. The number of ketones is 1. The zero-order valence-corrected chi connectivity index (χ0v) is 22.7. The predicted octanol–water partition coefficient (Wildman–Crippen LogP) is 7.29. The molecule has 0 saturated carbocycles. The third-order valence-corrected chi connectivity index (χ3v) is 7.93. The molecule has 3 aromatic carbocycles. The van der Waals surface area contributed by atoms with E-state index < -0.39 is 6.36 Å². The number of alkyl halides is 3. The lowest BCUT2D eigenvalue weighted by Gasteiger charge is -2.39. The number of aliphatic imine (C=N–C) groups is 1. The Hall–Kier alpha value is -3.42. The summed E-state index contributed by atoms with van der Waals surface area (Å²) in [6.07, 6.45) is 2.55. The van der Waals surface area contributed by atoms with Gasteiger partial charge in [0.25, 0.3) is 0 Å². The predicted molar refractivity (Wildman–Crippen MR) is 152 cm³/mol. The summed E-state index contributed by atoms with van der Waals surface area (Å²) in [4.78, 5) is 19.9. The number of likely N-dealkylation sites (tertiary alicyclic amines) is 1. The van der Waals surface area contributed by atoms with Gasteiger partial charge < -0.3 is 4.74 Å². The quantitative estimate of drug-likeness (QED) is 0.287. The summed E-state index contributed by atoms with van der Waals surface area (Å²) in [5, 5.41) is 0.732. The van der Waals surface area contributed by atoms with E-state index in [0.717, 1.165) is 60.8 Å². The normalized spacial score (nSPS) is 17.9. The van der Waals surface area contributed by atoms with Crippen LogP contribution in [0.25, 0.3) is 6.08 Å². The fourth-order valence-electron chi connectivity index (χ4n) is 5.65. The molecule has 0 bridgehead atoms. The molecule has 1 saturated heterocycles. The number of nitrogens with zero attached hydrogens (tertiary/aromatic N) is 2. The molecule has 8 heteroatoms. The molecule has 3 aromatic rings. The number of piperidine rings is 1. The molecule has 208 valence electrons. The highest BCUT2D eigenvalue weighted by atomic mass is 35.5. The third kappa shape index (κ3) is 7.01. The number of halogens is 4. The largest absolute Gasteiger partial charge is 0.573 e. The summed E-state index contributed by atoms with van der Waals surface area (Å²) in [5.74, 6) is -0.391. The first kappa shape index (κ1) is 28.1. The van der Waals surface area contributed by atoms with E-state index in [2.05, 4.69) is 40.0 Å². The smallest absolute Gasteiger partial charge is 0.406 e. The van der Waals surface area contributed by atoms with Crippen molar-refractivity contribution >= 4 is 29.2 Å². The molecule has 2 aliphatic rings. The summed E-state index contributed by atoms with van der Waals surface area (Å²) >= 11 is 5.97. The van der Waals surface area contributed by atoms with E-state index in [9.17, 15) is 18.0 Å². The van der Waals surface area contributed by atoms with Gasteiger partial charge >= 0.3 is 6.36 Å². The molecule has 1 aliphatic heterocycles. The van der Waals surface area contributed by atoms with E-state index >= 15 is 0 Å². The number of benzene rings is 3. The van der Waals surface area contributed by atoms with Crippen molar-refractivity contribution in [3.63, 3.8) is 0 Å². The Balaban J connectivity index is 1.18. The molecule has 0 N–H and O–H groups in total. The Labute approximate surface area is 237 Å². The highest BCUT2D eigenvalue weighted by molar-refractivity contribution is 6.30. The SMILES string of the molecule is O=C(CN=C1CC2(CCN(C/C=C/c3ccc(Cl)cc3)CC2)c2ccccc21)Cc1ccc(OC(F)(F)F)cc1. The highest BCUT2D eigenvalue weighted by Gasteiger charge is 2.43. The van der Waals surface area contributed by atoms with Gasteiger partial charge in [0, 0.05) is 29.1 Å². The van der Waals surface area contributed by atoms with Gasteiger partial charge in [-0.3, -0.25) is 14.7 Å². The van der Waals surface area contributed by atoms with Gasteiger partial charge in [-0.2, -0.15) is 0 Å². The number of rotatable bonds is 8. The Morgan fingerprint density at radius 1 is 1.00 bits per heavy atom. The van der Waals surface area contributed by atoms with Gasteiger partial charge in [-0.1, -0.05) is 72.3 Å². The molecule has 4 nitrogen and oxygen atoms in total. The van der Waals surface area contributed by atoms with Crippen LogP contribution in [0.1, 0.15) is 41.5 Å². The molecule has 1 spiro atoms. The van der Waals surface area contributed by atoms with Crippen LogP contribution in [0.15, 0.2) is 83.9 Å². The average Bonchev–Trinajstić information content (AvgIpc) is 3.23. The van der Waals surface area contributed by atoms with E-state index in [-0.39, 0.29) is 29.9 Å². The van der Waals surface area contributed by atoms with Crippen molar-refractivity contribution < 1.29 is 22.7 Å². The monoisotopic (exact) mass is 566 g/mol. The molecule has 0 amide bonds. The topological polar surface area (TPSA) is 41.9 Å². The molecule has 5 rings (SSSR count). The van der Waals surface area contributed by atoms with Crippen LogP contribution in [-0.4, -0.2) is 48.9 Å². The summed E-state index contributed by atoms with van der Waals surface area (Å²) in [6, 6.07) is 21.6. The van der Waals surface area contributed by atoms with Crippen LogP contribution in [0.4, 0.5) is 13.2 Å². The Morgan fingerprint density at radius 2 is 1.70 bits per heavy atom.